The van der Waals surface area contributed by atoms with E-state index >= 15 is 0 Å². The average Bonchev–Trinajstić information content (AvgIpc) is 2.25. The number of ether oxygens (including phenoxy) is 1. The topological polar surface area (TPSA) is 35.2 Å². The Labute approximate surface area is 110 Å². The van der Waals surface area contributed by atoms with Crippen molar-refractivity contribution in [2.24, 2.45) is 5.73 Å². The molecule has 0 bridgehead atoms. The maximum absolute atomic E-state index is 6.40. The van der Waals surface area contributed by atoms with Crippen LogP contribution in [0.4, 0.5) is 0 Å². The molecule has 1 aromatic rings. The van der Waals surface area contributed by atoms with Gasteiger partial charge in [0.1, 0.15) is 0 Å². The predicted octanol–water partition coefficient (Wildman–Crippen LogP) is 2.57. The van der Waals surface area contributed by atoms with Gasteiger partial charge in [0.25, 0.3) is 0 Å². The molecular weight excluding hydrogens is 222 g/mol. The minimum Gasteiger partial charge on any atom is -0.379 e. The van der Waals surface area contributed by atoms with E-state index in [1.54, 1.807) is 0 Å². The van der Waals surface area contributed by atoms with Crippen molar-refractivity contribution in [2.75, 3.05) is 13.2 Å². The van der Waals surface area contributed by atoms with Crippen molar-refractivity contribution in [1.29, 1.82) is 0 Å². The summed E-state index contributed by atoms with van der Waals surface area (Å²) in [6.45, 7) is 5.76. The van der Waals surface area contributed by atoms with Crippen LogP contribution in [0.1, 0.15) is 43.4 Å². The summed E-state index contributed by atoms with van der Waals surface area (Å²) >= 11 is 0. The Morgan fingerprint density at radius 1 is 1.11 bits per heavy atom. The van der Waals surface area contributed by atoms with Gasteiger partial charge in [0.15, 0.2) is 0 Å². The molecule has 1 saturated heterocycles. The van der Waals surface area contributed by atoms with Crippen molar-refractivity contribution < 1.29 is 4.74 Å². The molecule has 0 saturated carbocycles. The van der Waals surface area contributed by atoms with E-state index in [2.05, 4.69) is 32.0 Å². The van der Waals surface area contributed by atoms with Crippen LogP contribution in [0.2, 0.25) is 0 Å². The fourth-order valence-corrected chi connectivity index (χ4v) is 3.25. The Morgan fingerprint density at radius 2 is 1.78 bits per heavy atom. The molecule has 0 aromatic heterocycles. The van der Waals surface area contributed by atoms with Gasteiger partial charge in [-0.1, -0.05) is 18.2 Å². The van der Waals surface area contributed by atoms with Crippen molar-refractivity contribution in [1.82, 2.24) is 0 Å². The molecule has 18 heavy (non-hydrogen) atoms. The quantitative estimate of drug-likeness (QED) is 0.869. The number of benzene rings is 1. The molecule has 1 heterocycles. The minimum atomic E-state index is -0.228. The summed E-state index contributed by atoms with van der Waals surface area (Å²) in [6, 6.07) is 6.99. The van der Waals surface area contributed by atoms with Crippen molar-refractivity contribution in [3.05, 3.63) is 34.9 Å². The average molecular weight is 245 g/mol. The lowest BCUT2D eigenvalue weighted by Gasteiger charge is -2.51. The van der Waals surface area contributed by atoms with Gasteiger partial charge in [-0.3, -0.25) is 0 Å². The van der Waals surface area contributed by atoms with Crippen LogP contribution in [0.3, 0.4) is 0 Å². The highest BCUT2D eigenvalue weighted by Gasteiger charge is 2.50. The lowest BCUT2D eigenvalue weighted by molar-refractivity contribution is -0.0919. The Kier molecular flexibility index (Phi) is 2.76. The Bertz CT molecular complexity index is 455. The van der Waals surface area contributed by atoms with E-state index in [1.807, 2.05) is 0 Å². The van der Waals surface area contributed by atoms with E-state index in [0.717, 1.165) is 13.2 Å². The van der Waals surface area contributed by atoms with E-state index in [1.165, 1.54) is 42.4 Å². The van der Waals surface area contributed by atoms with Crippen LogP contribution < -0.4 is 5.73 Å². The van der Waals surface area contributed by atoms with Crippen molar-refractivity contribution in [2.45, 2.75) is 50.5 Å². The first kappa shape index (κ1) is 12.2. The van der Waals surface area contributed by atoms with Gasteiger partial charge in [-0.25, -0.2) is 0 Å². The Morgan fingerprint density at radius 3 is 2.33 bits per heavy atom. The molecule has 0 atom stereocenters. The van der Waals surface area contributed by atoms with Crippen molar-refractivity contribution in [3.8, 4) is 0 Å². The largest absolute Gasteiger partial charge is 0.379 e. The molecule has 1 aliphatic heterocycles. The van der Waals surface area contributed by atoms with Gasteiger partial charge in [-0.2, -0.15) is 0 Å². The number of fused-ring (bicyclic) bond motifs is 1. The number of rotatable bonds is 2. The van der Waals surface area contributed by atoms with Gasteiger partial charge in [-0.15, -0.1) is 0 Å². The van der Waals surface area contributed by atoms with Crippen LogP contribution in [0, 0.1) is 0 Å². The lowest BCUT2D eigenvalue weighted by atomic mass is 9.65. The second-order valence-electron chi connectivity index (χ2n) is 6.49. The molecule has 0 amide bonds. The number of nitrogens with two attached hydrogens (primary N) is 1. The maximum Gasteiger partial charge on any atom is 0.0603 e. The third-order valence-corrected chi connectivity index (χ3v) is 4.83. The normalized spacial score (nSPS) is 22.2. The first-order valence-corrected chi connectivity index (χ1v) is 7.02. The summed E-state index contributed by atoms with van der Waals surface area (Å²) in [5.74, 6) is 0. The Balaban J connectivity index is 2.01. The molecule has 0 radical (unpaired) electrons. The smallest absolute Gasteiger partial charge is 0.0603 e. The molecular formula is C16H23NO. The molecule has 2 aliphatic rings. The molecule has 3 rings (SSSR count). The highest BCUT2D eigenvalue weighted by molar-refractivity contribution is 5.40. The number of aryl methyl sites for hydroxylation is 2. The van der Waals surface area contributed by atoms with E-state index in [4.69, 9.17) is 10.5 Å². The van der Waals surface area contributed by atoms with Gasteiger partial charge in [-0.05, 0) is 56.2 Å². The van der Waals surface area contributed by atoms with Crippen molar-refractivity contribution in [3.63, 3.8) is 0 Å². The predicted molar refractivity (Wildman–Crippen MR) is 73.8 cm³/mol. The molecule has 2 nitrogen and oxygen atoms in total. The maximum atomic E-state index is 6.40. The highest BCUT2D eigenvalue weighted by Crippen LogP contribution is 2.41. The molecule has 1 fully saturated rings. The standard InChI is InChI=1S/C16H23NO/c1-15(2,17)16(10-18-11-16)14-8-7-12-5-3-4-6-13(12)9-14/h7-9H,3-6,10-11,17H2,1-2H3. The second kappa shape index (κ2) is 4.07. The highest BCUT2D eigenvalue weighted by atomic mass is 16.5. The monoisotopic (exact) mass is 245 g/mol. The van der Waals surface area contributed by atoms with Crippen LogP contribution in [-0.2, 0) is 23.0 Å². The number of hydrogen-bond donors (Lipinski definition) is 1. The third-order valence-electron chi connectivity index (χ3n) is 4.83. The zero-order valence-electron chi connectivity index (χ0n) is 11.5. The van der Waals surface area contributed by atoms with Crippen molar-refractivity contribution >= 4 is 0 Å². The first-order valence-electron chi connectivity index (χ1n) is 7.02. The summed E-state index contributed by atoms with van der Waals surface area (Å²) in [5, 5.41) is 0. The molecule has 0 spiro atoms. The molecule has 1 aromatic carbocycles. The SMILES string of the molecule is CC(C)(N)C1(c2ccc3c(c2)CCCC3)COC1. The zero-order valence-corrected chi connectivity index (χ0v) is 11.5. The molecule has 2 heteroatoms. The first-order chi connectivity index (χ1) is 8.53. The van der Waals surface area contributed by atoms with Crippen LogP contribution in [0.5, 0.6) is 0 Å². The van der Waals surface area contributed by atoms with E-state index in [-0.39, 0.29) is 11.0 Å². The van der Waals surface area contributed by atoms with Crippen LogP contribution in [0.15, 0.2) is 18.2 Å². The number of hydrogen-bond acceptors (Lipinski definition) is 2. The van der Waals surface area contributed by atoms with Crippen LogP contribution in [0.25, 0.3) is 0 Å². The van der Waals surface area contributed by atoms with Gasteiger partial charge < -0.3 is 10.5 Å². The molecule has 0 unspecified atom stereocenters. The molecule has 2 N–H and O–H groups in total. The van der Waals surface area contributed by atoms with Gasteiger partial charge in [0.2, 0.25) is 0 Å². The van der Waals surface area contributed by atoms with Gasteiger partial charge in [0.05, 0.1) is 18.6 Å². The van der Waals surface area contributed by atoms with Gasteiger partial charge >= 0.3 is 0 Å². The summed E-state index contributed by atoms with van der Waals surface area (Å²) in [7, 11) is 0. The second-order valence-corrected chi connectivity index (χ2v) is 6.49. The fraction of sp³-hybridized carbons (Fsp3) is 0.625. The third kappa shape index (κ3) is 1.70. The zero-order chi connectivity index (χ0) is 12.8. The summed E-state index contributed by atoms with van der Waals surface area (Å²) in [6.07, 6.45) is 5.13. The minimum absolute atomic E-state index is 0.0134. The Hall–Kier alpha value is -0.860. The van der Waals surface area contributed by atoms with Crippen LogP contribution in [-0.4, -0.2) is 18.8 Å². The summed E-state index contributed by atoms with van der Waals surface area (Å²) in [4.78, 5) is 0. The van der Waals surface area contributed by atoms with Gasteiger partial charge in [0, 0.05) is 5.54 Å². The van der Waals surface area contributed by atoms with E-state index in [0.29, 0.717) is 0 Å². The van der Waals surface area contributed by atoms with E-state index in [9.17, 15) is 0 Å². The summed E-state index contributed by atoms with van der Waals surface area (Å²) in [5.41, 5.74) is 10.6. The van der Waals surface area contributed by atoms with Crippen LogP contribution >= 0.6 is 0 Å². The molecule has 1 aliphatic carbocycles. The lowest BCUT2D eigenvalue weighted by Crippen LogP contribution is -2.64. The van der Waals surface area contributed by atoms with E-state index < -0.39 is 0 Å². The summed E-state index contributed by atoms with van der Waals surface area (Å²) < 4.78 is 5.48. The molecule has 98 valence electrons. The fourth-order valence-electron chi connectivity index (χ4n) is 3.25.